The summed E-state index contributed by atoms with van der Waals surface area (Å²) in [6, 6.07) is 1.21. The Hall–Kier alpha value is -1.55. The molecule has 0 radical (unpaired) electrons. The highest BCUT2D eigenvalue weighted by Gasteiger charge is 2.62. The number of rotatable bonds is 3. The summed E-state index contributed by atoms with van der Waals surface area (Å²) in [6.45, 7) is 2.92. The zero-order valence-corrected chi connectivity index (χ0v) is 13.7. The van der Waals surface area contributed by atoms with E-state index < -0.39 is 46.2 Å². The SMILES string of the molecule is Cc1cc(S(=O)(=O)NC(=O)C2C3CCC(O3)C2C(F)(F)F)c(C)o1. The molecule has 24 heavy (non-hydrogen) atoms. The van der Waals surface area contributed by atoms with E-state index in [2.05, 4.69) is 0 Å². The van der Waals surface area contributed by atoms with Crippen LogP contribution in [0.3, 0.4) is 0 Å². The van der Waals surface area contributed by atoms with Gasteiger partial charge in [0.2, 0.25) is 5.91 Å². The second-order valence-corrected chi connectivity index (χ2v) is 7.78. The molecule has 134 valence electrons. The second-order valence-electron chi connectivity index (χ2n) is 6.13. The number of halogens is 3. The summed E-state index contributed by atoms with van der Waals surface area (Å²) in [4.78, 5) is 12.0. The number of fused-ring (bicyclic) bond motifs is 2. The lowest BCUT2D eigenvalue weighted by Gasteiger charge is -2.28. The Morgan fingerprint density at radius 2 is 1.88 bits per heavy atom. The van der Waals surface area contributed by atoms with Crippen LogP contribution >= 0.6 is 0 Å². The van der Waals surface area contributed by atoms with Crippen molar-refractivity contribution in [1.29, 1.82) is 0 Å². The summed E-state index contributed by atoms with van der Waals surface area (Å²) >= 11 is 0. The molecule has 2 bridgehead atoms. The van der Waals surface area contributed by atoms with Gasteiger partial charge in [-0.2, -0.15) is 13.2 Å². The van der Waals surface area contributed by atoms with E-state index >= 15 is 0 Å². The average Bonchev–Trinajstić information content (AvgIpc) is 3.10. The Bertz CT molecular complexity index is 770. The first-order valence-corrected chi connectivity index (χ1v) is 8.85. The molecule has 0 aliphatic carbocycles. The summed E-state index contributed by atoms with van der Waals surface area (Å²) in [6.07, 6.45) is -6.12. The van der Waals surface area contributed by atoms with Gasteiger partial charge >= 0.3 is 6.18 Å². The Balaban J connectivity index is 1.85. The number of hydrogen-bond acceptors (Lipinski definition) is 5. The number of carbonyl (C=O) groups is 1. The van der Waals surface area contributed by atoms with E-state index in [1.165, 1.54) is 19.9 Å². The first kappa shape index (κ1) is 17.3. The van der Waals surface area contributed by atoms with E-state index in [4.69, 9.17) is 9.15 Å². The quantitative estimate of drug-likeness (QED) is 0.884. The van der Waals surface area contributed by atoms with Crippen molar-refractivity contribution in [3.63, 3.8) is 0 Å². The molecule has 2 fully saturated rings. The molecule has 4 unspecified atom stereocenters. The van der Waals surface area contributed by atoms with Crippen molar-refractivity contribution in [3.05, 3.63) is 17.6 Å². The van der Waals surface area contributed by atoms with Gasteiger partial charge in [-0.15, -0.1) is 0 Å². The number of furan rings is 1. The van der Waals surface area contributed by atoms with Crippen LogP contribution in [-0.4, -0.2) is 32.7 Å². The van der Waals surface area contributed by atoms with Gasteiger partial charge in [0.15, 0.2) is 0 Å². The molecular formula is C14H16F3NO5S. The molecule has 3 rings (SSSR count). The van der Waals surface area contributed by atoms with Gasteiger partial charge in [0.1, 0.15) is 16.4 Å². The second kappa shape index (κ2) is 5.48. The molecule has 2 aliphatic rings. The van der Waals surface area contributed by atoms with Gasteiger partial charge in [-0.25, -0.2) is 13.1 Å². The van der Waals surface area contributed by atoms with Gasteiger partial charge in [0.25, 0.3) is 10.0 Å². The molecule has 1 aromatic heterocycles. The van der Waals surface area contributed by atoms with Gasteiger partial charge in [0.05, 0.1) is 24.0 Å². The molecule has 10 heteroatoms. The van der Waals surface area contributed by atoms with Gasteiger partial charge in [-0.3, -0.25) is 4.79 Å². The number of alkyl halides is 3. The molecule has 6 nitrogen and oxygen atoms in total. The largest absolute Gasteiger partial charge is 0.465 e. The van der Waals surface area contributed by atoms with E-state index in [1.807, 2.05) is 0 Å². The number of hydrogen-bond donors (Lipinski definition) is 1. The maximum absolute atomic E-state index is 13.2. The number of sulfonamides is 1. The molecule has 0 saturated carbocycles. The summed E-state index contributed by atoms with van der Waals surface area (Å²) < 4.78 is 76.3. The first-order chi connectivity index (χ1) is 11.0. The molecule has 2 saturated heterocycles. The van der Waals surface area contributed by atoms with Gasteiger partial charge in [-0.05, 0) is 26.7 Å². The molecule has 0 aromatic carbocycles. The van der Waals surface area contributed by atoms with E-state index in [1.54, 1.807) is 4.72 Å². The fourth-order valence-electron chi connectivity index (χ4n) is 3.56. The van der Waals surface area contributed by atoms with E-state index in [0.717, 1.165) is 0 Å². The maximum atomic E-state index is 13.2. The van der Waals surface area contributed by atoms with E-state index in [0.29, 0.717) is 12.2 Å². The lowest BCUT2D eigenvalue weighted by molar-refractivity contribution is -0.197. The van der Waals surface area contributed by atoms with Crippen LogP contribution in [-0.2, 0) is 19.6 Å². The smallest absolute Gasteiger partial charge is 0.395 e. The van der Waals surface area contributed by atoms with Crippen LogP contribution in [0.15, 0.2) is 15.4 Å². The van der Waals surface area contributed by atoms with E-state index in [-0.39, 0.29) is 17.1 Å². The normalized spacial score (nSPS) is 29.9. The highest BCUT2D eigenvalue weighted by Crippen LogP contribution is 2.50. The minimum Gasteiger partial charge on any atom is -0.465 e. The molecule has 4 atom stereocenters. The van der Waals surface area contributed by atoms with Crippen LogP contribution < -0.4 is 4.72 Å². The molecule has 1 aromatic rings. The van der Waals surface area contributed by atoms with Crippen molar-refractivity contribution < 1.29 is 35.5 Å². The average molecular weight is 367 g/mol. The van der Waals surface area contributed by atoms with E-state index in [9.17, 15) is 26.4 Å². The van der Waals surface area contributed by atoms with Crippen LogP contribution in [0, 0.1) is 25.7 Å². The predicted octanol–water partition coefficient (Wildman–Crippen LogP) is 2.06. The van der Waals surface area contributed by atoms with Crippen molar-refractivity contribution >= 4 is 15.9 Å². The number of amides is 1. The van der Waals surface area contributed by atoms with Crippen LogP contribution in [0.5, 0.6) is 0 Å². The fraction of sp³-hybridized carbons (Fsp3) is 0.643. The maximum Gasteiger partial charge on any atom is 0.395 e. The first-order valence-electron chi connectivity index (χ1n) is 7.36. The summed E-state index contributed by atoms with van der Waals surface area (Å²) in [5, 5.41) is 0. The summed E-state index contributed by atoms with van der Waals surface area (Å²) in [5.41, 5.74) is 0. The molecular weight excluding hydrogens is 351 g/mol. The molecule has 0 spiro atoms. The number of carbonyl (C=O) groups excluding carboxylic acids is 1. The van der Waals surface area contributed by atoms with Crippen molar-refractivity contribution in [1.82, 2.24) is 4.72 Å². The Kier molecular flexibility index (Phi) is 3.95. The van der Waals surface area contributed by atoms with Gasteiger partial charge in [0, 0.05) is 6.07 Å². The monoisotopic (exact) mass is 367 g/mol. The number of nitrogens with one attached hydrogen (secondary N) is 1. The molecule has 1 N–H and O–H groups in total. The standard InChI is InChI=1S/C14H16F3NO5S/c1-6-5-10(7(2)22-6)24(20,21)18-13(19)11-8-3-4-9(23-8)12(11)14(15,16)17/h5,8-9,11-12H,3-4H2,1-2H3,(H,18,19). The van der Waals surface area contributed by atoms with Crippen molar-refractivity contribution in [3.8, 4) is 0 Å². The highest BCUT2D eigenvalue weighted by atomic mass is 32.2. The third-order valence-electron chi connectivity index (χ3n) is 4.47. The third kappa shape index (κ3) is 2.81. The lowest BCUT2D eigenvalue weighted by Crippen LogP contribution is -2.47. The zero-order valence-electron chi connectivity index (χ0n) is 12.9. The van der Waals surface area contributed by atoms with Crippen molar-refractivity contribution in [2.24, 2.45) is 11.8 Å². The lowest BCUT2D eigenvalue weighted by atomic mass is 9.78. The Morgan fingerprint density at radius 1 is 1.25 bits per heavy atom. The van der Waals surface area contributed by atoms with Gasteiger partial charge in [-0.1, -0.05) is 0 Å². The third-order valence-corrected chi connectivity index (χ3v) is 5.93. The number of ether oxygens (including phenoxy) is 1. The van der Waals surface area contributed by atoms with Crippen molar-refractivity contribution in [2.45, 2.75) is 50.0 Å². The number of aryl methyl sites for hydroxylation is 2. The molecule has 3 heterocycles. The zero-order chi connectivity index (χ0) is 17.9. The minimum absolute atomic E-state index is 0.0596. The highest BCUT2D eigenvalue weighted by molar-refractivity contribution is 7.90. The fourth-order valence-corrected chi connectivity index (χ4v) is 4.81. The summed E-state index contributed by atoms with van der Waals surface area (Å²) in [5.74, 6) is -4.37. The predicted molar refractivity (Wildman–Crippen MR) is 74.4 cm³/mol. The minimum atomic E-state index is -4.63. The summed E-state index contributed by atoms with van der Waals surface area (Å²) in [7, 11) is -4.31. The van der Waals surface area contributed by atoms with Crippen LogP contribution in [0.1, 0.15) is 24.4 Å². The van der Waals surface area contributed by atoms with Crippen LogP contribution in [0.2, 0.25) is 0 Å². The molecule has 2 aliphatic heterocycles. The van der Waals surface area contributed by atoms with Crippen LogP contribution in [0.4, 0.5) is 13.2 Å². The van der Waals surface area contributed by atoms with Crippen LogP contribution in [0.25, 0.3) is 0 Å². The topological polar surface area (TPSA) is 85.6 Å². The Morgan fingerprint density at radius 3 is 2.42 bits per heavy atom. The van der Waals surface area contributed by atoms with Gasteiger partial charge < -0.3 is 9.15 Å². The molecule has 1 amide bonds. The van der Waals surface area contributed by atoms with Crippen molar-refractivity contribution in [2.75, 3.05) is 0 Å². The Labute approximate surface area is 136 Å².